The summed E-state index contributed by atoms with van der Waals surface area (Å²) >= 11 is 0. The fourth-order valence-electron chi connectivity index (χ4n) is 2.78. The largest absolute Gasteiger partial charge is 0.517 e. The molecule has 1 rings (SSSR count). The molecule has 1 N–H and O–H groups in total. The van der Waals surface area contributed by atoms with Crippen molar-refractivity contribution in [1.29, 1.82) is 0 Å². The van der Waals surface area contributed by atoms with Crippen LogP contribution >= 0.6 is 0 Å². The molecule has 1 aliphatic heterocycles. The Morgan fingerprint density at radius 1 is 1.29 bits per heavy atom. The van der Waals surface area contributed by atoms with E-state index in [-0.39, 0.29) is 5.67 Å². The van der Waals surface area contributed by atoms with Crippen LogP contribution in [-0.4, -0.2) is 60.2 Å². The molecule has 0 saturated carbocycles. The van der Waals surface area contributed by atoms with Gasteiger partial charge in [0.25, 0.3) is 8.48 Å². The highest BCUT2D eigenvalue weighted by Crippen LogP contribution is 2.31. The first-order chi connectivity index (χ1) is 7.97. The van der Waals surface area contributed by atoms with Gasteiger partial charge in [0.05, 0.1) is 5.67 Å². The zero-order valence-corrected chi connectivity index (χ0v) is 13.5. The van der Waals surface area contributed by atoms with Crippen LogP contribution < -0.4 is 0 Å². The summed E-state index contributed by atoms with van der Waals surface area (Å²) < 4.78 is 18.9. The summed E-state index contributed by atoms with van der Waals surface area (Å²) in [5, 5.41) is 0. The topological polar surface area (TPSA) is 51.2 Å². The number of nitrogens with zero attached hydrogens (tertiary/aromatic N) is 1. The minimum absolute atomic E-state index is 0.0617. The van der Waals surface area contributed by atoms with E-state index < -0.39 is 17.3 Å². The lowest BCUT2D eigenvalue weighted by Crippen LogP contribution is -2.66. The van der Waals surface area contributed by atoms with Crippen molar-refractivity contribution in [1.82, 2.24) is 4.57 Å². The molecule has 1 fully saturated rings. The van der Waals surface area contributed by atoms with Gasteiger partial charge in [-0.05, 0) is 32.0 Å². The number of rotatable bonds is 6. The Morgan fingerprint density at radius 3 is 2.12 bits per heavy atom. The molecule has 7 heteroatoms. The Morgan fingerprint density at radius 2 is 1.82 bits per heavy atom. The second-order valence-electron chi connectivity index (χ2n) is 4.65. The van der Waals surface area contributed by atoms with Gasteiger partial charge in [0, 0.05) is 21.3 Å². The van der Waals surface area contributed by atoms with Crippen molar-refractivity contribution < 1.29 is 18.1 Å². The molecular formula is C10H25NO4Si2. The third-order valence-electron chi connectivity index (χ3n) is 3.69. The molecule has 2 atom stereocenters. The fraction of sp³-hybridized carbons (Fsp3) is 1.00. The Labute approximate surface area is 106 Å². The summed E-state index contributed by atoms with van der Waals surface area (Å²) in [7, 11) is -0.0847. The molecule has 0 bridgehead atoms. The average molecular weight is 279 g/mol. The SMILES string of the molecule is CCC(N1CCC[Si]1(C)O)[Si](OC)(OC)OC. The van der Waals surface area contributed by atoms with E-state index in [1.165, 1.54) is 0 Å². The fourth-order valence-corrected chi connectivity index (χ4v) is 9.02. The second kappa shape index (κ2) is 5.92. The molecule has 0 amide bonds. The highest BCUT2D eigenvalue weighted by atomic mass is 28.4. The summed E-state index contributed by atoms with van der Waals surface area (Å²) in [6.45, 7) is 5.00. The van der Waals surface area contributed by atoms with Crippen molar-refractivity contribution in [3.63, 3.8) is 0 Å². The average Bonchev–Trinajstić information content (AvgIpc) is 2.66. The molecule has 0 spiro atoms. The zero-order valence-electron chi connectivity index (χ0n) is 11.5. The van der Waals surface area contributed by atoms with E-state index in [1.54, 1.807) is 21.3 Å². The van der Waals surface area contributed by atoms with Gasteiger partial charge in [0.2, 0.25) is 0 Å². The van der Waals surface area contributed by atoms with E-state index in [0.717, 1.165) is 25.4 Å². The Balaban J connectivity index is 2.97. The first-order valence-corrected chi connectivity index (χ1v) is 10.5. The van der Waals surface area contributed by atoms with Gasteiger partial charge in [-0.2, -0.15) is 0 Å². The minimum atomic E-state index is -2.70. The van der Waals surface area contributed by atoms with Crippen LogP contribution in [0.1, 0.15) is 19.8 Å². The molecule has 0 radical (unpaired) electrons. The Hall–Kier alpha value is 0.234. The molecule has 0 aromatic heterocycles. The maximum absolute atomic E-state index is 10.5. The normalized spacial score (nSPS) is 28.6. The monoisotopic (exact) mass is 279 g/mol. The van der Waals surface area contributed by atoms with Gasteiger partial charge in [-0.3, -0.25) is 4.57 Å². The zero-order chi connectivity index (χ0) is 13.1. The van der Waals surface area contributed by atoms with Gasteiger partial charge < -0.3 is 18.1 Å². The van der Waals surface area contributed by atoms with Crippen LogP contribution in [0, 0.1) is 0 Å². The third kappa shape index (κ3) is 2.81. The first-order valence-electron chi connectivity index (χ1n) is 6.12. The van der Waals surface area contributed by atoms with Crippen molar-refractivity contribution in [2.45, 2.75) is 38.0 Å². The summed E-state index contributed by atoms with van der Waals surface area (Å²) in [4.78, 5) is 10.5. The maximum atomic E-state index is 10.5. The summed E-state index contributed by atoms with van der Waals surface area (Å²) in [6, 6.07) is 0.922. The highest BCUT2D eigenvalue weighted by molar-refractivity contribution is 6.72. The van der Waals surface area contributed by atoms with E-state index in [1.807, 2.05) is 6.55 Å². The second-order valence-corrected chi connectivity index (χ2v) is 11.3. The smallest absolute Gasteiger partial charge is 0.419 e. The molecule has 0 aliphatic carbocycles. The Kier molecular flexibility index (Phi) is 5.32. The van der Waals surface area contributed by atoms with E-state index in [4.69, 9.17) is 13.3 Å². The lowest BCUT2D eigenvalue weighted by molar-refractivity contribution is 0.0891. The van der Waals surface area contributed by atoms with E-state index in [2.05, 4.69) is 11.5 Å². The van der Waals surface area contributed by atoms with E-state index in [0.29, 0.717) is 0 Å². The molecule has 2 unspecified atom stereocenters. The lowest BCUT2D eigenvalue weighted by atomic mass is 10.4. The van der Waals surface area contributed by atoms with Gasteiger partial charge in [-0.25, -0.2) is 0 Å². The third-order valence-corrected chi connectivity index (χ3v) is 10.3. The van der Waals surface area contributed by atoms with Crippen molar-refractivity contribution >= 4 is 17.3 Å². The molecule has 0 aromatic carbocycles. The summed E-state index contributed by atoms with van der Waals surface area (Å²) in [6.07, 6.45) is 1.92. The van der Waals surface area contributed by atoms with Gasteiger partial charge in [0.15, 0.2) is 0 Å². The molecule has 17 heavy (non-hydrogen) atoms. The molecular weight excluding hydrogens is 254 g/mol. The van der Waals surface area contributed by atoms with Crippen LogP contribution in [0.4, 0.5) is 0 Å². The standard InChI is InChI=1S/C10H25NO4Si2/c1-6-10(17(13-2,14-3)15-4)11-8-7-9-16(11,5)12/h10,12H,6-9H2,1-5H3. The molecule has 5 nitrogen and oxygen atoms in total. The molecule has 102 valence electrons. The van der Waals surface area contributed by atoms with Gasteiger partial charge in [-0.1, -0.05) is 6.92 Å². The maximum Gasteiger partial charge on any atom is 0.517 e. The van der Waals surface area contributed by atoms with Crippen molar-refractivity contribution in [2.24, 2.45) is 0 Å². The minimum Gasteiger partial charge on any atom is -0.419 e. The van der Waals surface area contributed by atoms with Crippen LogP contribution in [-0.2, 0) is 13.3 Å². The van der Waals surface area contributed by atoms with Crippen molar-refractivity contribution in [2.75, 3.05) is 27.9 Å². The van der Waals surface area contributed by atoms with Crippen LogP contribution in [0.15, 0.2) is 0 Å². The van der Waals surface area contributed by atoms with Crippen LogP contribution in [0.5, 0.6) is 0 Å². The predicted octanol–water partition coefficient (Wildman–Crippen LogP) is 0.952. The first kappa shape index (κ1) is 15.3. The van der Waals surface area contributed by atoms with Crippen LogP contribution in [0.2, 0.25) is 12.6 Å². The quantitative estimate of drug-likeness (QED) is 0.734. The van der Waals surface area contributed by atoms with Crippen LogP contribution in [0.25, 0.3) is 0 Å². The highest BCUT2D eigenvalue weighted by Gasteiger charge is 2.55. The molecule has 1 aliphatic rings. The molecule has 0 aromatic rings. The Bertz CT molecular complexity index is 240. The summed E-state index contributed by atoms with van der Waals surface area (Å²) in [5.74, 6) is 0. The van der Waals surface area contributed by atoms with E-state index >= 15 is 0 Å². The molecule has 1 heterocycles. The van der Waals surface area contributed by atoms with E-state index in [9.17, 15) is 4.80 Å². The summed E-state index contributed by atoms with van der Waals surface area (Å²) in [5.41, 5.74) is 0.0617. The number of hydrogen-bond donors (Lipinski definition) is 1. The van der Waals surface area contributed by atoms with Gasteiger partial charge in [-0.15, -0.1) is 0 Å². The van der Waals surface area contributed by atoms with Crippen molar-refractivity contribution in [3.8, 4) is 0 Å². The van der Waals surface area contributed by atoms with Crippen LogP contribution in [0.3, 0.4) is 0 Å². The lowest BCUT2D eigenvalue weighted by Gasteiger charge is -2.41. The predicted molar refractivity (Wildman–Crippen MR) is 70.8 cm³/mol. The molecule has 1 saturated heterocycles. The number of hydrogen-bond acceptors (Lipinski definition) is 5. The van der Waals surface area contributed by atoms with Gasteiger partial charge in [0.1, 0.15) is 0 Å². The van der Waals surface area contributed by atoms with Gasteiger partial charge >= 0.3 is 8.80 Å². The van der Waals surface area contributed by atoms with Crippen molar-refractivity contribution in [3.05, 3.63) is 0 Å².